The van der Waals surface area contributed by atoms with Gasteiger partial charge < -0.3 is 18.9 Å². The highest BCUT2D eigenvalue weighted by molar-refractivity contribution is 7.89. The molecule has 0 saturated carbocycles. The first-order valence-electron chi connectivity index (χ1n) is 7.24. The summed E-state index contributed by atoms with van der Waals surface area (Å²) < 4.78 is 61.8. The van der Waals surface area contributed by atoms with Crippen molar-refractivity contribution in [2.24, 2.45) is 0 Å². The third-order valence-corrected chi connectivity index (χ3v) is 5.05. The molecule has 0 spiro atoms. The lowest BCUT2D eigenvalue weighted by Gasteiger charge is -2.12. The van der Waals surface area contributed by atoms with Gasteiger partial charge in [0.05, 0.1) is 14.2 Å². The summed E-state index contributed by atoms with van der Waals surface area (Å²) in [6.07, 6.45) is 0. The Morgan fingerprint density at radius 3 is 2.48 bits per heavy atom. The lowest BCUT2D eigenvalue weighted by atomic mass is 10.2. The lowest BCUT2D eigenvalue weighted by Crippen LogP contribution is -2.24. The Morgan fingerprint density at radius 2 is 1.76 bits per heavy atom. The van der Waals surface area contributed by atoms with Gasteiger partial charge in [0.15, 0.2) is 23.0 Å². The molecule has 134 valence electrons. The highest BCUT2D eigenvalue weighted by atomic mass is 32.2. The van der Waals surface area contributed by atoms with E-state index in [0.717, 1.165) is 12.1 Å². The number of rotatable bonds is 6. The molecular weight excluding hydrogens is 353 g/mol. The number of halogens is 1. The van der Waals surface area contributed by atoms with E-state index in [9.17, 15) is 12.8 Å². The van der Waals surface area contributed by atoms with Gasteiger partial charge in [-0.15, -0.1) is 0 Å². The van der Waals surface area contributed by atoms with E-state index in [0.29, 0.717) is 17.1 Å². The van der Waals surface area contributed by atoms with E-state index in [1.807, 2.05) is 0 Å². The molecule has 0 unspecified atom stereocenters. The molecule has 1 aliphatic rings. The summed E-state index contributed by atoms with van der Waals surface area (Å²) >= 11 is 0. The van der Waals surface area contributed by atoms with E-state index in [-0.39, 0.29) is 24.8 Å². The van der Waals surface area contributed by atoms with Gasteiger partial charge in [0.25, 0.3) is 0 Å². The number of nitrogens with one attached hydrogen (secondary N) is 1. The normalized spacial score (nSPS) is 12.9. The summed E-state index contributed by atoms with van der Waals surface area (Å²) in [6.45, 7) is 0.0914. The number of methoxy groups -OCH3 is 2. The summed E-state index contributed by atoms with van der Waals surface area (Å²) in [4.78, 5) is -0.522. The Balaban J connectivity index is 1.82. The molecule has 2 aromatic carbocycles. The van der Waals surface area contributed by atoms with E-state index in [2.05, 4.69) is 4.72 Å². The molecule has 0 atom stereocenters. The molecule has 1 N–H and O–H groups in total. The van der Waals surface area contributed by atoms with Crippen LogP contribution in [0.4, 0.5) is 4.39 Å². The van der Waals surface area contributed by atoms with Crippen molar-refractivity contribution >= 4 is 10.0 Å². The van der Waals surface area contributed by atoms with Crippen molar-refractivity contribution in [1.29, 1.82) is 0 Å². The van der Waals surface area contributed by atoms with E-state index >= 15 is 0 Å². The van der Waals surface area contributed by atoms with Crippen LogP contribution in [-0.4, -0.2) is 29.4 Å². The molecule has 0 amide bonds. The van der Waals surface area contributed by atoms with Crippen LogP contribution in [0.3, 0.4) is 0 Å². The minimum atomic E-state index is -4.09. The molecule has 1 heterocycles. The third kappa shape index (κ3) is 3.47. The molecule has 0 bridgehead atoms. The maximum Gasteiger partial charge on any atom is 0.243 e. The summed E-state index contributed by atoms with van der Waals surface area (Å²) in [5, 5.41) is 0. The van der Waals surface area contributed by atoms with E-state index in [1.54, 1.807) is 18.2 Å². The Kier molecular flexibility index (Phi) is 4.69. The van der Waals surface area contributed by atoms with Gasteiger partial charge in [-0.3, -0.25) is 0 Å². The van der Waals surface area contributed by atoms with E-state index in [1.165, 1.54) is 14.2 Å². The largest absolute Gasteiger partial charge is 0.493 e. The first-order valence-corrected chi connectivity index (χ1v) is 8.72. The number of hydrogen-bond acceptors (Lipinski definition) is 6. The SMILES string of the molecule is COc1cc(F)c(S(=O)(=O)NCc2ccc3c(c2)OCO3)cc1OC. The van der Waals surface area contributed by atoms with Crippen molar-refractivity contribution in [1.82, 2.24) is 4.72 Å². The van der Waals surface area contributed by atoms with Gasteiger partial charge in [-0.1, -0.05) is 6.07 Å². The van der Waals surface area contributed by atoms with Crippen LogP contribution in [0.1, 0.15) is 5.56 Å². The van der Waals surface area contributed by atoms with Gasteiger partial charge in [0.1, 0.15) is 10.7 Å². The van der Waals surface area contributed by atoms with Gasteiger partial charge in [-0.2, -0.15) is 0 Å². The topological polar surface area (TPSA) is 83.1 Å². The van der Waals surface area contributed by atoms with Crippen molar-refractivity contribution in [2.75, 3.05) is 21.0 Å². The van der Waals surface area contributed by atoms with Crippen molar-refractivity contribution < 1.29 is 31.8 Å². The number of hydrogen-bond donors (Lipinski definition) is 1. The molecule has 0 saturated heterocycles. The fourth-order valence-corrected chi connectivity index (χ4v) is 3.44. The Hall–Kier alpha value is -2.52. The molecule has 2 aromatic rings. The molecule has 0 aromatic heterocycles. The number of fused-ring (bicyclic) bond motifs is 1. The van der Waals surface area contributed by atoms with Crippen LogP contribution in [0.15, 0.2) is 35.2 Å². The number of benzene rings is 2. The highest BCUT2D eigenvalue weighted by Gasteiger charge is 2.23. The van der Waals surface area contributed by atoms with Crippen LogP contribution in [0.5, 0.6) is 23.0 Å². The quantitative estimate of drug-likeness (QED) is 0.839. The standard InChI is InChI=1S/C16H16FNO6S/c1-21-13-6-11(17)16(7-14(13)22-2)25(19,20)18-8-10-3-4-12-15(5-10)24-9-23-12/h3-7,18H,8-9H2,1-2H3. The predicted molar refractivity (Wildman–Crippen MR) is 86.1 cm³/mol. The molecule has 1 aliphatic heterocycles. The van der Waals surface area contributed by atoms with Crippen LogP contribution < -0.4 is 23.7 Å². The van der Waals surface area contributed by atoms with Crippen LogP contribution >= 0.6 is 0 Å². The number of sulfonamides is 1. The first kappa shape index (κ1) is 17.3. The monoisotopic (exact) mass is 369 g/mol. The van der Waals surface area contributed by atoms with Gasteiger partial charge >= 0.3 is 0 Å². The molecule has 0 fully saturated rings. The lowest BCUT2D eigenvalue weighted by molar-refractivity contribution is 0.174. The van der Waals surface area contributed by atoms with Crippen molar-refractivity contribution in [3.8, 4) is 23.0 Å². The third-order valence-electron chi connectivity index (χ3n) is 3.63. The zero-order valence-electron chi connectivity index (χ0n) is 13.5. The average Bonchev–Trinajstić information content (AvgIpc) is 3.07. The zero-order valence-corrected chi connectivity index (χ0v) is 14.4. The maximum atomic E-state index is 14.2. The Labute approximate surface area is 144 Å². The summed E-state index contributed by atoms with van der Waals surface area (Å²) in [6, 6.07) is 7.09. The van der Waals surface area contributed by atoms with E-state index < -0.39 is 20.7 Å². The second-order valence-corrected chi connectivity index (χ2v) is 6.89. The Morgan fingerprint density at radius 1 is 1.08 bits per heavy atom. The fourth-order valence-electron chi connectivity index (χ4n) is 2.35. The van der Waals surface area contributed by atoms with Crippen molar-refractivity contribution in [3.05, 3.63) is 41.7 Å². The second-order valence-electron chi connectivity index (χ2n) is 5.15. The summed E-state index contributed by atoms with van der Waals surface area (Å²) in [5.74, 6) is 0.421. The molecule has 7 nitrogen and oxygen atoms in total. The molecule has 25 heavy (non-hydrogen) atoms. The second kappa shape index (κ2) is 6.77. The molecule has 3 rings (SSSR count). The number of ether oxygens (including phenoxy) is 4. The Bertz CT molecular complexity index is 900. The predicted octanol–water partition coefficient (Wildman–Crippen LogP) is 2.05. The van der Waals surface area contributed by atoms with Gasteiger partial charge in [0.2, 0.25) is 16.8 Å². The first-order chi connectivity index (χ1) is 11.9. The van der Waals surface area contributed by atoms with Gasteiger partial charge in [-0.25, -0.2) is 17.5 Å². The van der Waals surface area contributed by atoms with Gasteiger partial charge in [-0.05, 0) is 17.7 Å². The average molecular weight is 369 g/mol. The summed E-state index contributed by atoms with van der Waals surface area (Å²) in [7, 11) is -1.42. The van der Waals surface area contributed by atoms with Gasteiger partial charge in [0, 0.05) is 18.7 Å². The minimum Gasteiger partial charge on any atom is -0.493 e. The fraction of sp³-hybridized carbons (Fsp3) is 0.250. The van der Waals surface area contributed by atoms with Crippen molar-refractivity contribution in [2.45, 2.75) is 11.4 Å². The zero-order chi connectivity index (χ0) is 18.0. The van der Waals surface area contributed by atoms with Crippen molar-refractivity contribution in [3.63, 3.8) is 0 Å². The summed E-state index contributed by atoms with van der Waals surface area (Å²) in [5.41, 5.74) is 0.647. The molecule has 0 radical (unpaired) electrons. The van der Waals surface area contributed by atoms with Crippen LogP contribution in [0, 0.1) is 5.82 Å². The molecule has 9 heteroatoms. The molecule has 0 aliphatic carbocycles. The van der Waals surface area contributed by atoms with Crippen LogP contribution in [0.2, 0.25) is 0 Å². The van der Waals surface area contributed by atoms with E-state index in [4.69, 9.17) is 18.9 Å². The molecular formula is C16H16FNO6S. The van der Waals surface area contributed by atoms with Crippen LogP contribution in [-0.2, 0) is 16.6 Å². The highest BCUT2D eigenvalue weighted by Crippen LogP contribution is 2.33. The maximum absolute atomic E-state index is 14.2. The minimum absolute atomic E-state index is 0.0350. The van der Waals surface area contributed by atoms with Crippen LogP contribution in [0.25, 0.3) is 0 Å². The smallest absolute Gasteiger partial charge is 0.243 e.